The van der Waals surface area contributed by atoms with Crippen molar-refractivity contribution in [3.05, 3.63) is 46.5 Å². The first-order valence-electron chi connectivity index (χ1n) is 17.2. The molecule has 4 fully saturated rings. The molecule has 0 saturated heterocycles. The Morgan fingerprint density at radius 3 is 1.80 bits per heavy atom. The Balaban J connectivity index is 1.11. The number of hydrogen-bond donors (Lipinski definition) is 5. The summed E-state index contributed by atoms with van der Waals surface area (Å²) in [6, 6.07) is 6.45. The van der Waals surface area contributed by atoms with Crippen LogP contribution in [0.15, 0.2) is 24.3 Å². The minimum absolute atomic E-state index is 0.0171. The average molecular weight is 638 g/mol. The topological polar surface area (TPSA) is 136 Å². The molecule has 8 nitrogen and oxygen atoms in total. The predicted molar refractivity (Wildman–Crippen MR) is 171 cm³/mol. The third kappa shape index (κ3) is 4.54. The summed E-state index contributed by atoms with van der Waals surface area (Å²) in [6.07, 6.45) is 9.87. The highest BCUT2D eigenvalue weighted by Gasteiger charge is 2.56. The van der Waals surface area contributed by atoms with Crippen molar-refractivity contribution in [2.45, 2.75) is 115 Å². The van der Waals surface area contributed by atoms with Crippen LogP contribution in [0.3, 0.4) is 0 Å². The molecule has 244 valence electrons. The average Bonchev–Trinajstić information content (AvgIpc) is 3.46. The number of rotatable bonds is 4. The van der Waals surface area contributed by atoms with Crippen LogP contribution >= 0.6 is 0 Å². The highest BCUT2D eigenvalue weighted by molar-refractivity contribution is 7.88. The quantitative estimate of drug-likeness (QED) is 0.267. The molecule has 2 aromatic carbocycles. The van der Waals surface area contributed by atoms with Crippen molar-refractivity contribution in [1.29, 1.82) is 0 Å². The summed E-state index contributed by atoms with van der Waals surface area (Å²) in [5.41, 5.74) is 3.89. The zero-order valence-corrected chi connectivity index (χ0v) is 27.2. The van der Waals surface area contributed by atoms with Gasteiger partial charge in [0.15, 0.2) is 5.75 Å². The van der Waals surface area contributed by atoms with Crippen molar-refractivity contribution in [3.8, 4) is 17.2 Å². The van der Waals surface area contributed by atoms with Gasteiger partial charge in [0.25, 0.3) is 0 Å². The maximum absolute atomic E-state index is 13.9. The molecule has 0 radical (unpaired) electrons. The first-order chi connectivity index (χ1) is 21.4. The van der Waals surface area contributed by atoms with E-state index in [9.17, 15) is 28.8 Å². The lowest BCUT2D eigenvalue weighted by atomic mass is 9.55. The number of phenolic OH excluding ortho intramolecular Hbond substituents is 2. The number of benzene rings is 2. The number of fused-ring (bicyclic) bond motifs is 10. The number of aliphatic hydroxyl groups excluding tert-OH is 2. The normalized spacial score (nSPS) is 39.9. The van der Waals surface area contributed by atoms with Crippen LogP contribution in [0.2, 0.25) is 0 Å². The number of aromatic hydroxyl groups is 2. The molecule has 6 aliphatic rings. The van der Waals surface area contributed by atoms with E-state index in [1.54, 1.807) is 12.1 Å². The van der Waals surface area contributed by atoms with Gasteiger partial charge in [-0.3, -0.25) is 4.72 Å². The smallest absolute Gasteiger partial charge is 0.407 e. The van der Waals surface area contributed by atoms with Crippen LogP contribution in [0.25, 0.3) is 0 Å². The van der Waals surface area contributed by atoms with E-state index < -0.39 is 10.3 Å². The van der Waals surface area contributed by atoms with Gasteiger partial charge in [-0.05, 0) is 152 Å². The van der Waals surface area contributed by atoms with Crippen molar-refractivity contribution in [1.82, 2.24) is 0 Å². The van der Waals surface area contributed by atoms with Gasteiger partial charge >= 0.3 is 10.3 Å². The zero-order chi connectivity index (χ0) is 31.5. The maximum atomic E-state index is 13.9. The van der Waals surface area contributed by atoms with Crippen molar-refractivity contribution < 1.29 is 33.0 Å². The van der Waals surface area contributed by atoms with Crippen molar-refractivity contribution in [2.24, 2.45) is 34.5 Å². The van der Waals surface area contributed by atoms with Gasteiger partial charge in [-0.15, -0.1) is 0 Å². The highest BCUT2D eigenvalue weighted by atomic mass is 32.2. The number of phenols is 2. The maximum Gasteiger partial charge on any atom is 0.407 e. The fourth-order valence-electron chi connectivity index (χ4n) is 11.8. The minimum atomic E-state index is -4.39. The Kier molecular flexibility index (Phi) is 6.81. The highest BCUT2D eigenvalue weighted by Crippen LogP contribution is 2.63. The second-order valence-electron chi connectivity index (χ2n) is 15.8. The first-order valence-corrected chi connectivity index (χ1v) is 18.6. The lowest BCUT2D eigenvalue weighted by Gasteiger charge is -2.50. The van der Waals surface area contributed by atoms with E-state index in [1.807, 2.05) is 0 Å². The zero-order valence-electron chi connectivity index (χ0n) is 26.3. The Bertz CT molecular complexity index is 1530. The summed E-state index contributed by atoms with van der Waals surface area (Å²) in [6.45, 7) is 4.43. The van der Waals surface area contributed by atoms with Crippen LogP contribution in [0.1, 0.15) is 112 Å². The molecule has 2 aromatic rings. The number of nitrogens with one attached hydrogen (secondary N) is 1. The largest absolute Gasteiger partial charge is 0.508 e. The van der Waals surface area contributed by atoms with E-state index >= 15 is 0 Å². The summed E-state index contributed by atoms with van der Waals surface area (Å²) in [7, 11) is -4.39. The molecule has 0 amide bonds. The molecule has 0 aromatic heterocycles. The van der Waals surface area contributed by atoms with Crippen molar-refractivity contribution in [3.63, 3.8) is 0 Å². The van der Waals surface area contributed by atoms with Gasteiger partial charge in [0, 0.05) is 17.7 Å². The lowest BCUT2D eigenvalue weighted by Crippen LogP contribution is -2.44. The van der Waals surface area contributed by atoms with Crippen LogP contribution < -0.4 is 8.91 Å². The third-order valence-corrected chi connectivity index (χ3v) is 14.8. The molecule has 0 bridgehead atoms. The van der Waals surface area contributed by atoms with Crippen molar-refractivity contribution in [2.75, 3.05) is 4.72 Å². The third-order valence-electron chi connectivity index (χ3n) is 13.9. The molecule has 6 aliphatic carbocycles. The van der Waals surface area contributed by atoms with E-state index in [1.165, 1.54) is 12.1 Å². The molecule has 8 rings (SSSR count). The standard InChI is InChI=1S/C36H47NO7S/c1-35-13-11-25-23(27(35)7-9-31(35)40)5-3-19-15-21(38)17-29(33(19)25)37-45(42,43)44-30-18-22(39)16-20-4-6-24-26(34(20)30)12-14-36(2)28(24)8-10-32(36)41/h15-18,23-28,31-32,37-41H,3-14H2,1-2H3/t23-,24-,25+,26+,27+,28+,31-,32-,35+,36+/m1/s1. The van der Waals surface area contributed by atoms with Crippen LogP contribution in [0.4, 0.5) is 5.69 Å². The second-order valence-corrected chi connectivity index (χ2v) is 17.1. The van der Waals surface area contributed by atoms with Crippen LogP contribution in [-0.4, -0.2) is 41.1 Å². The summed E-state index contributed by atoms with van der Waals surface area (Å²) < 4.78 is 36.4. The van der Waals surface area contributed by atoms with E-state index in [2.05, 4.69) is 18.6 Å². The molecule has 9 heteroatoms. The number of anilines is 1. The Morgan fingerprint density at radius 1 is 0.711 bits per heavy atom. The van der Waals surface area contributed by atoms with Crippen LogP contribution in [0.5, 0.6) is 17.2 Å². The summed E-state index contributed by atoms with van der Waals surface area (Å²) in [4.78, 5) is 0. The molecule has 10 atom stereocenters. The number of aliphatic hydroxyl groups is 2. The molecular weight excluding hydrogens is 590 g/mol. The van der Waals surface area contributed by atoms with Crippen LogP contribution in [0, 0.1) is 34.5 Å². The Hall–Kier alpha value is -2.49. The van der Waals surface area contributed by atoms with Gasteiger partial charge in [-0.2, -0.15) is 8.42 Å². The fraction of sp³-hybridized carbons (Fsp3) is 0.667. The molecule has 4 saturated carbocycles. The van der Waals surface area contributed by atoms with E-state index in [0.717, 1.165) is 99.3 Å². The van der Waals surface area contributed by atoms with Gasteiger partial charge in [0.2, 0.25) is 0 Å². The Morgan fingerprint density at radius 2 is 1.22 bits per heavy atom. The van der Waals surface area contributed by atoms with Gasteiger partial charge in [-0.1, -0.05) is 13.8 Å². The Labute approximate surface area is 266 Å². The monoisotopic (exact) mass is 637 g/mol. The van der Waals surface area contributed by atoms with Crippen molar-refractivity contribution >= 4 is 16.0 Å². The minimum Gasteiger partial charge on any atom is -0.508 e. The number of hydrogen-bond acceptors (Lipinski definition) is 7. The predicted octanol–water partition coefficient (Wildman–Crippen LogP) is 6.27. The van der Waals surface area contributed by atoms with E-state index in [0.29, 0.717) is 29.4 Å². The molecule has 5 N–H and O–H groups in total. The van der Waals surface area contributed by atoms with Gasteiger partial charge in [0.1, 0.15) is 11.5 Å². The summed E-state index contributed by atoms with van der Waals surface area (Å²) in [5, 5.41) is 42.9. The summed E-state index contributed by atoms with van der Waals surface area (Å²) >= 11 is 0. The van der Waals surface area contributed by atoms with Gasteiger partial charge in [-0.25, -0.2) is 0 Å². The number of aryl methyl sites for hydroxylation is 2. The molecule has 0 unspecified atom stereocenters. The van der Waals surface area contributed by atoms with Crippen LogP contribution in [-0.2, 0) is 23.1 Å². The molecule has 0 heterocycles. The first kappa shape index (κ1) is 29.9. The molecule has 0 spiro atoms. The molecule has 0 aliphatic heterocycles. The molecule has 45 heavy (non-hydrogen) atoms. The second kappa shape index (κ2) is 10.3. The van der Waals surface area contributed by atoms with Gasteiger partial charge < -0.3 is 24.6 Å². The van der Waals surface area contributed by atoms with E-state index in [4.69, 9.17) is 4.18 Å². The van der Waals surface area contributed by atoms with E-state index in [-0.39, 0.29) is 52.1 Å². The summed E-state index contributed by atoms with van der Waals surface area (Å²) in [5.74, 6) is 1.87. The lowest BCUT2D eigenvalue weighted by molar-refractivity contribution is -0.0228. The SMILES string of the molecule is C[C@]12CC[C@@H]3c4c(cc(O)cc4NS(=O)(=O)Oc4cc(O)cc5c4[C@H]4CC[C@]6(C)[C@H](O)CC[C@H]6[C@@H]4CC5)CC[C@H]3[C@@H]1CC[C@H]2O. The molecular formula is C36H47NO7S. The fourth-order valence-corrected chi connectivity index (χ4v) is 12.6. The van der Waals surface area contributed by atoms with Gasteiger partial charge in [0.05, 0.1) is 17.9 Å².